The summed E-state index contributed by atoms with van der Waals surface area (Å²) in [6, 6.07) is 10.8. The second-order valence-electron chi connectivity index (χ2n) is 6.03. The van der Waals surface area contributed by atoms with Gasteiger partial charge < -0.3 is 5.32 Å². The zero-order valence-electron chi connectivity index (χ0n) is 13.2. The summed E-state index contributed by atoms with van der Waals surface area (Å²) in [5, 5.41) is 3.62. The van der Waals surface area contributed by atoms with E-state index in [9.17, 15) is 0 Å². The molecule has 1 heterocycles. The van der Waals surface area contributed by atoms with Crippen LogP contribution in [0.3, 0.4) is 0 Å². The molecule has 0 amide bonds. The number of hydrogen-bond donors (Lipinski definition) is 1. The van der Waals surface area contributed by atoms with Gasteiger partial charge in [0.15, 0.2) is 0 Å². The number of thioether (sulfide) groups is 1. The lowest BCUT2D eigenvalue weighted by Gasteiger charge is -2.35. The fraction of sp³-hybridized carbons (Fsp3) is 0.647. The molecule has 0 spiro atoms. The van der Waals surface area contributed by atoms with Gasteiger partial charge in [0, 0.05) is 29.6 Å². The Morgan fingerprint density at radius 3 is 2.45 bits per heavy atom. The highest BCUT2D eigenvalue weighted by Crippen LogP contribution is 2.26. The maximum atomic E-state index is 3.62. The Balaban J connectivity index is 2.06. The lowest BCUT2D eigenvalue weighted by atomic mass is 10.0. The largest absolute Gasteiger partial charge is 0.313 e. The second kappa shape index (κ2) is 7.48. The van der Waals surface area contributed by atoms with Gasteiger partial charge in [-0.2, -0.15) is 0 Å². The molecule has 1 aliphatic heterocycles. The van der Waals surface area contributed by atoms with Crippen LogP contribution in [0, 0.1) is 0 Å². The van der Waals surface area contributed by atoms with Gasteiger partial charge in [0.1, 0.15) is 0 Å². The van der Waals surface area contributed by atoms with Crippen LogP contribution < -0.4 is 5.32 Å². The highest BCUT2D eigenvalue weighted by atomic mass is 32.2. The summed E-state index contributed by atoms with van der Waals surface area (Å²) >= 11 is 1.81. The van der Waals surface area contributed by atoms with Crippen molar-refractivity contribution in [2.24, 2.45) is 0 Å². The first kappa shape index (κ1) is 15.9. The topological polar surface area (TPSA) is 15.3 Å². The maximum Gasteiger partial charge on any atom is 0.0323 e. The van der Waals surface area contributed by atoms with Gasteiger partial charge in [-0.25, -0.2) is 0 Å². The van der Waals surface area contributed by atoms with E-state index in [0.717, 1.165) is 6.54 Å². The van der Waals surface area contributed by atoms with Crippen molar-refractivity contribution in [1.29, 1.82) is 0 Å². The fourth-order valence-electron chi connectivity index (χ4n) is 3.06. The normalized spacial score (nSPS) is 20.8. The average Bonchev–Trinajstić information content (AvgIpc) is 2.97. The first-order chi connectivity index (χ1) is 9.61. The summed E-state index contributed by atoms with van der Waals surface area (Å²) in [5.41, 5.74) is 1.43. The minimum Gasteiger partial charge on any atom is -0.313 e. The summed E-state index contributed by atoms with van der Waals surface area (Å²) in [6.45, 7) is 9.29. The van der Waals surface area contributed by atoms with Crippen LogP contribution in [0.1, 0.15) is 45.2 Å². The molecule has 2 nitrogen and oxygen atoms in total. The minimum absolute atomic E-state index is 0.480. The van der Waals surface area contributed by atoms with E-state index in [2.05, 4.69) is 61.5 Å². The predicted molar refractivity (Wildman–Crippen MR) is 89.5 cm³/mol. The number of benzene rings is 1. The van der Waals surface area contributed by atoms with Crippen molar-refractivity contribution >= 4 is 11.8 Å². The van der Waals surface area contributed by atoms with Gasteiger partial charge >= 0.3 is 0 Å². The predicted octanol–water partition coefficient (Wildman–Crippen LogP) is 3.93. The number of nitrogens with one attached hydrogen (secondary N) is 1. The van der Waals surface area contributed by atoms with Gasteiger partial charge in [0.2, 0.25) is 0 Å². The smallest absolute Gasteiger partial charge is 0.0323 e. The van der Waals surface area contributed by atoms with Crippen molar-refractivity contribution < 1.29 is 0 Å². The van der Waals surface area contributed by atoms with Gasteiger partial charge in [-0.15, -0.1) is 11.8 Å². The molecule has 3 heteroatoms. The second-order valence-corrected chi connectivity index (χ2v) is 6.91. The van der Waals surface area contributed by atoms with Crippen LogP contribution in [0.2, 0.25) is 0 Å². The number of hydrogen-bond acceptors (Lipinski definition) is 3. The molecule has 2 rings (SSSR count). The van der Waals surface area contributed by atoms with Gasteiger partial charge in [0.05, 0.1) is 0 Å². The Morgan fingerprint density at radius 2 is 1.95 bits per heavy atom. The van der Waals surface area contributed by atoms with Crippen molar-refractivity contribution in [1.82, 2.24) is 10.2 Å². The zero-order chi connectivity index (χ0) is 14.5. The van der Waals surface area contributed by atoms with Crippen molar-refractivity contribution in [3.8, 4) is 0 Å². The molecule has 0 saturated carbocycles. The van der Waals surface area contributed by atoms with Crippen LogP contribution in [0.5, 0.6) is 0 Å². The molecular weight excluding hydrogens is 264 g/mol. The van der Waals surface area contributed by atoms with Crippen molar-refractivity contribution in [3.05, 3.63) is 29.8 Å². The molecule has 1 aromatic carbocycles. The van der Waals surface area contributed by atoms with Crippen LogP contribution in [0.4, 0.5) is 0 Å². The van der Waals surface area contributed by atoms with E-state index < -0.39 is 0 Å². The SMILES string of the molecule is CSc1ccc(C(C)N(CC2CCCN2)C(C)C)cc1. The summed E-state index contributed by atoms with van der Waals surface area (Å²) < 4.78 is 0. The van der Waals surface area contributed by atoms with E-state index in [0.29, 0.717) is 18.1 Å². The summed E-state index contributed by atoms with van der Waals surface area (Å²) in [5.74, 6) is 0. The molecule has 2 atom stereocenters. The molecule has 1 N–H and O–H groups in total. The monoisotopic (exact) mass is 292 g/mol. The Hall–Kier alpha value is -0.510. The minimum atomic E-state index is 0.480. The standard InChI is InChI=1S/C17H28N2S/c1-13(2)19(12-16-6-5-11-18-16)14(3)15-7-9-17(20-4)10-8-15/h7-10,13-14,16,18H,5-6,11-12H2,1-4H3. The van der Waals surface area contributed by atoms with E-state index in [-0.39, 0.29) is 0 Å². The van der Waals surface area contributed by atoms with Crippen LogP contribution in [0.15, 0.2) is 29.2 Å². The molecule has 112 valence electrons. The summed E-state index contributed by atoms with van der Waals surface area (Å²) in [4.78, 5) is 3.96. The fourth-order valence-corrected chi connectivity index (χ4v) is 3.47. The third kappa shape index (κ3) is 4.00. The lowest BCUT2D eigenvalue weighted by molar-refractivity contribution is 0.150. The molecule has 1 aliphatic rings. The molecule has 0 bridgehead atoms. The van der Waals surface area contributed by atoms with Crippen LogP contribution >= 0.6 is 11.8 Å². The maximum absolute atomic E-state index is 3.62. The first-order valence-corrected chi connectivity index (χ1v) is 8.97. The van der Waals surface area contributed by atoms with Crippen LogP contribution in [0.25, 0.3) is 0 Å². The zero-order valence-corrected chi connectivity index (χ0v) is 14.0. The Bertz CT molecular complexity index is 396. The molecule has 0 aliphatic carbocycles. The summed E-state index contributed by atoms with van der Waals surface area (Å²) in [6.07, 6.45) is 4.78. The average molecular weight is 292 g/mol. The van der Waals surface area contributed by atoms with Gasteiger partial charge in [-0.1, -0.05) is 12.1 Å². The first-order valence-electron chi connectivity index (χ1n) is 7.75. The molecule has 20 heavy (non-hydrogen) atoms. The van der Waals surface area contributed by atoms with E-state index in [4.69, 9.17) is 0 Å². The van der Waals surface area contributed by atoms with E-state index >= 15 is 0 Å². The van der Waals surface area contributed by atoms with Crippen molar-refractivity contribution in [3.63, 3.8) is 0 Å². The quantitative estimate of drug-likeness (QED) is 0.800. The molecular formula is C17H28N2S. The highest BCUT2D eigenvalue weighted by Gasteiger charge is 2.24. The summed E-state index contributed by atoms with van der Waals surface area (Å²) in [7, 11) is 0. The molecule has 1 saturated heterocycles. The third-order valence-electron chi connectivity index (χ3n) is 4.35. The van der Waals surface area contributed by atoms with Gasteiger partial charge in [0.25, 0.3) is 0 Å². The third-order valence-corrected chi connectivity index (χ3v) is 5.10. The molecule has 0 radical (unpaired) electrons. The van der Waals surface area contributed by atoms with Crippen LogP contribution in [-0.4, -0.2) is 36.3 Å². The number of nitrogens with zero attached hydrogens (tertiary/aromatic N) is 1. The van der Waals surface area contributed by atoms with E-state index in [1.165, 1.54) is 29.8 Å². The molecule has 1 aromatic rings. The van der Waals surface area contributed by atoms with Crippen LogP contribution in [-0.2, 0) is 0 Å². The lowest BCUT2D eigenvalue weighted by Crippen LogP contribution is -2.42. The van der Waals surface area contributed by atoms with Gasteiger partial charge in [-0.3, -0.25) is 4.90 Å². The Kier molecular flexibility index (Phi) is 5.94. The van der Waals surface area contributed by atoms with E-state index in [1.807, 2.05) is 0 Å². The molecule has 0 aromatic heterocycles. The van der Waals surface area contributed by atoms with Gasteiger partial charge in [-0.05, 0) is 64.1 Å². The highest BCUT2D eigenvalue weighted by molar-refractivity contribution is 7.98. The Morgan fingerprint density at radius 1 is 1.25 bits per heavy atom. The van der Waals surface area contributed by atoms with Crippen molar-refractivity contribution in [2.45, 2.75) is 56.6 Å². The number of rotatable bonds is 6. The van der Waals surface area contributed by atoms with E-state index in [1.54, 1.807) is 11.8 Å². The van der Waals surface area contributed by atoms with Crippen molar-refractivity contribution in [2.75, 3.05) is 19.3 Å². The molecule has 1 fully saturated rings. The molecule has 2 unspecified atom stereocenters. The Labute approximate surface area is 128 Å².